The minimum atomic E-state index is -0.764. The van der Waals surface area contributed by atoms with Gasteiger partial charge in [-0.3, -0.25) is 24.1 Å². The number of hydrogen-bond donors (Lipinski definition) is 7. The molecule has 2 fully saturated rings. The van der Waals surface area contributed by atoms with Gasteiger partial charge >= 0.3 is 6.09 Å². The molecule has 0 bridgehead atoms. The van der Waals surface area contributed by atoms with Crippen LogP contribution in [0.25, 0.3) is 22.5 Å². The Bertz CT molecular complexity index is 2730. The number of nitrogens with two attached hydrogens (primary N) is 4. The van der Waals surface area contributed by atoms with Crippen LogP contribution in [0.1, 0.15) is 125 Å². The molecule has 2 atom stereocenters. The lowest BCUT2D eigenvalue weighted by Crippen LogP contribution is -2.43. The molecule has 11 N–H and O–H groups in total. The van der Waals surface area contributed by atoms with E-state index >= 15 is 0 Å². The van der Waals surface area contributed by atoms with Gasteiger partial charge in [-0.15, -0.1) is 10.2 Å². The molecule has 6 heterocycles. The van der Waals surface area contributed by atoms with E-state index in [4.69, 9.17) is 27.9 Å². The van der Waals surface area contributed by atoms with E-state index in [1.165, 1.54) is 17.1 Å². The second-order valence-corrected chi connectivity index (χ2v) is 16.8. The maximum atomic E-state index is 12.9. The minimum Gasteiger partial charge on any atom is -0.444 e. The topological polar surface area (TPSA) is 325 Å². The molecular formula is C45H52N16O6. The second-order valence-electron chi connectivity index (χ2n) is 16.8. The van der Waals surface area contributed by atoms with Crippen molar-refractivity contribution in [2.45, 2.75) is 77.0 Å². The molecule has 2 aliphatic rings. The van der Waals surface area contributed by atoms with E-state index in [1.807, 2.05) is 0 Å². The van der Waals surface area contributed by atoms with Gasteiger partial charge in [-0.1, -0.05) is 30.7 Å². The molecule has 2 aromatic carbocycles. The number of nitrogens with zero attached hydrogens (tertiary/aromatic N) is 9. The largest absolute Gasteiger partial charge is 0.444 e. The summed E-state index contributed by atoms with van der Waals surface area (Å²) in [7, 11) is 0. The van der Waals surface area contributed by atoms with E-state index in [0.717, 1.165) is 43.3 Å². The van der Waals surface area contributed by atoms with Crippen LogP contribution in [0.15, 0.2) is 85.2 Å². The molecule has 22 nitrogen and oxygen atoms in total. The first-order valence-corrected chi connectivity index (χ1v) is 21.6. The Hall–Kier alpha value is -8.27. The Labute approximate surface area is 384 Å². The zero-order valence-electron chi connectivity index (χ0n) is 37.2. The van der Waals surface area contributed by atoms with Gasteiger partial charge in [-0.2, -0.15) is 10.2 Å². The van der Waals surface area contributed by atoms with Crippen LogP contribution in [-0.2, 0) is 4.74 Å². The third-order valence-electron chi connectivity index (χ3n) is 10.9. The van der Waals surface area contributed by atoms with Gasteiger partial charge in [0.15, 0.2) is 28.8 Å². The van der Waals surface area contributed by atoms with E-state index in [1.54, 1.807) is 98.5 Å². The second kappa shape index (κ2) is 20.3. The minimum absolute atomic E-state index is 0.00136. The highest BCUT2D eigenvalue weighted by atomic mass is 16.6. The normalized spacial score (nSPS) is 16.0. The lowest BCUT2D eigenvalue weighted by Gasteiger charge is -2.36. The molecule has 0 saturated carbocycles. The number of carbonyl (C=O) groups excluding carboxylic acids is 5. The fourth-order valence-electron chi connectivity index (χ4n) is 7.74. The summed E-state index contributed by atoms with van der Waals surface area (Å²) < 4.78 is 8.01. The first-order chi connectivity index (χ1) is 32.1. The summed E-state index contributed by atoms with van der Waals surface area (Å²) in [5.74, 6) is 12.0. The predicted octanol–water partition coefficient (Wildman–Crippen LogP) is 4.09. The Morgan fingerprint density at radius 1 is 0.672 bits per heavy atom. The van der Waals surface area contributed by atoms with Gasteiger partial charge < -0.3 is 43.8 Å². The third kappa shape index (κ3) is 11.0. The van der Waals surface area contributed by atoms with Crippen LogP contribution in [-0.4, -0.2) is 93.0 Å². The lowest BCUT2D eigenvalue weighted by molar-refractivity contribution is 0.00819. The molecule has 2 aliphatic heterocycles. The highest BCUT2D eigenvalue weighted by Crippen LogP contribution is 2.35. The fraction of sp³-hybridized carbons (Fsp3) is 0.311. The van der Waals surface area contributed by atoms with Crippen molar-refractivity contribution in [3.63, 3.8) is 0 Å². The average molecular weight is 913 g/mol. The van der Waals surface area contributed by atoms with Crippen molar-refractivity contribution in [3.8, 4) is 22.5 Å². The van der Waals surface area contributed by atoms with E-state index in [9.17, 15) is 24.0 Å². The Balaban J connectivity index is 0.000000203. The molecule has 0 radical (unpaired) electrons. The number of piperidine rings is 2. The maximum Gasteiger partial charge on any atom is 0.410 e. The smallest absolute Gasteiger partial charge is 0.410 e. The van der Waals surface area contributed by atoms with Crippen molar-refractivity contribution in [3.05, 3.63) is 119 Å². The number of primary amides is 2. The predicted molar refractivity (Wildman–Crippen MR) is 247 cm³/mol. The number of rotatable bonds is 10. The summed E-state index contributed by atoms with van der Waals surface area (Å²) in [6.07, 6.45) is 7.86. The first-order valence-electron chi connectivity index (χ1n) is 21.6. The summed E-state index contributed by atoms with van der Waals surface area (Å²) in [4.78, 5) is 73.2. The molecule has 6 aromatic rings. The monoisotopic (exact) mass is 912 g/mol. The quantitative estimate of drug-likeness (QED) is 0.0952. The van der Waals surface area contributed by atoms with Gasteiger partial charge in [-0.05, 0) is 108 Å². The van der Waals surface area contributed by atoms with Crippen LogP contribution >= 0.6 is 0 Å². The van der Waals surface area contributed by atoms with Crippen LogP contribution in [0.4, 0.5) is 16.4 Å². The molecule has 0 unspecified atom stereocenters. The summed E-state index contributed by atoms with van der Waals surface area (Å²) >= 11 is 0. The molecule has 22 heteroatoms. The average Bonchev–Trinajstić information content (AvgIpc) is 3.86. The van der Waals surface area contributed by atoms with E-state index in [0.29, 0.717) is 64.2 Å². The van der Waals surface area contributed by atoms with E-state index < -0.39 is 29.6 Å². The molecule has 8 rings (SSSR count). The number of likely N-dealkylation sites (tertiary alicyclic amines) is 1. The van der Waals surface area contributed by atoms with Crippen LogP contribution < -0.4 is 39.1 Å². The molecular weight excluding hydrogens is 861 g/mol. The molecule has 67 heavy (non-hydrogen) atoms. The van der Waals surface area contributed by atoms with E-state index in [2.05, 4.69) is 46.3 Å². The molecule has 2 saturated heterocycles. The summed E-state index contributed by atoms with van der Waals surface area (Å²) in [6, 6.07) is 19.3. The number of hydrogen-bond acceptors (Lipinski definition) is 15. The number of ether oxygens (including phenoxy) is 1. The van der Waals surface area contributed by atoms with Gasteiger partial charge in [0.1, 0.15) is 22.8 Å². The molecule has 4 aromatic heterocycles. The standard InChI is InChI=1S/C25H30N8O4.C20H22N8O2/c1-25(2,3)37-24(36)32-14-5-4-7-17(32)22-30-19(20(21(26)34)33(22)27)15-9-11-16(12-10-15)23(35)29-18-8-6-13-28-31-18;21-18(29)17-16(26-19(28(17)22)14-4-1-2-10-23-14)12-6-8-13(9-7-12)20(30)25-15-5-3-11-24-27-15/h6,8-13,17H,4-5,7,14,27H2,1-3H3,(H2,26,34)(H,29,31,35);3,5-9,11,14,23H,1-2,4,10,22H2,(H2,21,29)(H,25,27,30)/t17-;14-/m00/s1. The summed E-state index contributed by atoms with van der Waals surface area (Å²) in [5, 5.41) is 23.8. The SMILES string of the molecule is CC(C)(C)OC(=O)N1CCCC[C@H]1c1nc(-c2ccc(C(=O)Nc3cccnn3)cc2)c(C(N)=O)n1N.NC(=O)c1c(-c2ccc(C(=O)Nc3cccnn3)cc2)nc([C@@H]2CCCCN2)n1N. The summed E-state index contributed by atoms with van der Waals surface area (Å²) in [5.41, 5.74) is 13.4. The van der Waals surface area contributed by atoms with E-state index in [-0.39, 0.29) is 34.9 Å². The zero-order chi connectivity index (χ0) is 47.8. The number of carbonyl (C=O) groups is 5. The number of aromatic nitrogens is 8. The number of anilines is 2. The number of benzene rings is 2. The fourth-order valence-corrected chi connectivity index (χ4v) is 7.74. The van der Waals surface area contributed by atoms with Gasteiger partial charge in [0.25, 0.3) is 23.6 Å². The van der Waals surface area contributed by atoms with Crippen molar-refractivity contribution in [2.24, 2.45) is 11.5 Å². The molecule has 348 valence electrons. The van der Waals surface area contributed by atoms with Crippen LogP contribution in [0.3, 0.4) is 0 Å². The molecule has 0 aliphatic carbocycles. The van der Waals surface area contributed by atoms with Crippen LogP contribution in [0, 0.1) is 0 Å². The molecule has 0 spiro atoms. The Morgan fingerprint density at radius 2 is 1.16 bits per heavy atom. The zero-order valence-corrected chi connectivity index (χ0v) is 37.2. The van der Waals surface area contributed by atoms with Crippen LogP contribution in [0.2, 0.25) is 0 Å². The van der Waals surface area contributed by atoms with Gasteiger partial charge in [0, 0.05) is 41.2 Å². The highest BCUT2D eigenvalue weighted by Gasteiger charge is 2.36. The van der Waals surface area contributed by atoms with Crippen molar-refractivity contribution < 1.29 is 28.7 Å². The number of nitrogen functional groups attached to an aromatic ring is 2. The summed E-state index contributed by atoms with van der Waals surface area (Å²) in [6.45, 7) is 6.74. The van der Waals surface area contributed by atoms with Crippen molar-refractivity contribution in [1.29, 1.82) is 0 Å². The maximum absolute atomic E-state index is 12.9. The third-order valence-corrected chi connectivity index (χ3v) is 10.9. The number of imidazole rings is 2. The Morgan fingerprint density at radius 3 is 1.61 bits per heavy atom. The van der Waals surface area contributed by atoms with Crippen molar-refractivity contribution in [1.82, 2.24) is 49.9 Å². The lowest BCUT2D eigenvalue weighted by atomic mass is 10.0. The highest BCUT2D eigenvalue weighted by molar-refractivity contribution is 6.05. The van der Waals surface area contributed by atoms with Gasteiger partial charge in [0.2, 0.25) is 0 Å². The molecule has 5 amide bonds. The Kier molecular flexibility index (Phi) is 14.1. The number of amides is 5. The number of nitrogens with one attached hydrogen (secondary N) is 3. The van der Waals surface area contributed by atoms with Crippen molar-refractivity contribution in [2.75, 3.05) is 35.4 Å². The first kappa shape index (κ1) is 46.7. The van der Waals surface area contributed by atoms with Gasteiger partial charge in [0.05, 0.1) is 12.1 Å². The van der Waals surface area contributed by atoms with Crippen LogP contribution in [0.5, 0.6) is 0 Å². The van der Waals surface area contributed by atoms with Gasteiger partial charge in [-0.25, -0.2) is 24.1 Å². The van der Waals surface area contributed by atoms with Crippen molar-refractivity contribution >= 4 is 41.4 Å².